The smallest absolute Gasteiger partial charge is 0.545 e. The van der Waals surface area contributed by atoms with Crippen LogP contribution in [0.25, 0.3) is 0 Å². The topological polar surface area (TPSA) is 119 Å². The first-order valence-electron chi connectivity index (χ1n) is 11.2. The van der Waals surface area contributed by atoms with Crippen LogP contribution in [0.3, 0.4) is 0 Å². The second-order valence-electron chi connectivity index (χ2n) is 7.57. The number of benzene rings is 4. The zero-order chi connectivity index (χ0) is 29.9. The molecular weight excluding hydrogens is 1030 g/mol. The van der Waals surface area contributed by atoms with E-state index in [9.17, 15) is 24.3 Å². The quantitative estimate of drug-likeness (QED) is 0.153. The van der Waals surface area contributed by atoms with Crippen LogP contribution >= 0.6 is 99.0 Å². The van der Waals surface area contributed by atoms with E-state index in [0.29, 0.717) is 14.3 Å². The van der Waals surface area contributed by atoms with Crippen molar-refractivity contribution >= 4 is 123 Å². The van der Waals surface area contributed by atoms with Gasteiger partial charge in [0.25, 0.3) is 0 Å². The Labute approximate surface area is 319 Å². The molecule has 8 nitrogen and oxygen atoms in total. The molecule has 0 radical (unpaired) electrons. The first kappa shape index (κ1) is 37.3. The Bertz CT molecular complexity index is 1450. The molecule has 210 valence electrons. The van der Waals surface area contributed by atoms with Gasteiger partial charge in [0.15, 0.2) is 0 Å². The summed E-state index contributed by atoms with van der Waals surface area (Å²) in [5, 5.41) is 10.3. The third kappa shape index (κ3) is 11.2. The number of carboxylic acids is 1. The van der Waals surface area contributed by atoms with E-state index in [1.165, 1.54) is 6.07 Å². The van der Waals surface area contributed by atoms with Crippen molar-refractivity contribution in [1.82, 2.24) is 0 Å². The summed E-state index contributed by atoms with van der Waals surface area (Å²) in [5.41, 5.74) is 1.06. The van der Waals surface area contributed by atoms with Gasteiger partial charge in [0.1, 0.15) is 0 Å². The van der Waals surface area contributed by atoms with Gasteiger partial charge in [0.2, 0.25) is 0 Å². The molecule has 0 amide bonds. The number of rotatable bonds is 7. The van der Waals surface area contributed by atoms with Gasteiger partial charge in [-0.3, -0.25) is 0 Å². The van der Waals surface area contributed by atoms with Crippen LogP contribution in [-0.2, 0) is 13.6 Å². The largest absolute Gasteiger partial charge is 1.00 e. The van der Waals surface area contributed by atoms with Crippen LogP contribution in [0.4, 0.5) is 0 Å². The maximum Gasteiger partial charge on any atom is 1.00 e. The van der Waals surface area contributed by atoms with Gasteiger partial charge in [0, 0.05) is 19.8 Å². The number of aromatic carboxylic acids is 1. The molecular formula is C28H16I4NaO8P. The summed E-state index contributed by atoms with van der Waals surface area (Å²) in [6.07, 6.45) is 0. The minimum atomic E-state index is -2.65. The fraction of sp³-hybridized carbons (Fsp3) is 0. The SMILES string of the molecule is O=C(OP(OC(=O)c1ccccc1I)OC(=O)c1ccccc1I)c1ccccc1I.O=C([O-])c1ccccc1I.[Na+]. The van der Waals surface area contributed by atoms with Gasteiger partial charge in [-0.15, -0.1) is 0 Å². The molecule has 0 aliphatic rings. The average Bonchev–Trinajstić information content (AvgIpc) is 2.94. The number of hydrogen-bond donors (Lipinski definition) is 0. The van der Waals surface area contributed by atoms with Gasteiger partial charge >= 0.3 is 56.1 Å². The first-order chi connectivity index (χ1) is 19.6. The Morgan fingerprint density at radius 1 is 0.476 bits per heavy atom. The van der Waals surface area contributed by atoms with E-state index in [4.69, 9.17) is 13.6 Å². The van der Waals surface area contributed by atoms with Crippen molar-refractivity contribution in [2.75, 3.05) is 0 Å². The van der Waals surface area contributed by atoms with E-state index in [1.807, 2.05) is 90.4 Å². The average molecular weight is 1040 g/mol. The predicted octanol–water partition coefficient (Wildman–Crippen LogP) is 4.26. The summed E-state index contributed by atoms with van der Waals surface area (Å²) in [4.78, 5) is 48.3. The van der Waals surface area contributed by atoms with Crippen LogP contribution in [-0.4, -0.2) is 23.9 Å². The zero-order valence-electron chi connectivity index (χ0n) is 21.5. The Morgan fingerprint density at radius 2 is 0.714 bits per heavy atom. The Kier molecular flexibility index (Phi) is 16.7. The molecule has 0 aliphatic carbocycles. The van der Waals surface area contributed by atoms with Crippen LogP contribution in [0.15, 0.2) is 97.1 Å². The number of carbonyl (C=O) groups is 4. The molecule has 0 heterocycles. The van der Waals surface area contributed by atoms with E-state index in [2.05, 4.69) is 0 Å². The van der Waals surface area contributed by atoms with Crippen molar-refractivity contribution in [3.8, 4) is 0 Å². The third-order valence-corrected chi connectivity index (χ3v) is 9.55. The molecule has 0 saturated heterocycles. The normalized spacial score (nSPS) is 9.93. The second-order valence-corrected chi connectivity index (χ2v) is 13.2. The van der Waals surface area contributed by atoms with Crippen molar-refractivity contribution in [2.45, 2.75) is 0 Å². The Morgan fingerprint density at radius 3 is 0.929 bits per heavy atom. The van der Waals surface area contributed by atoms with E-state index in [-0.39, 0.29) is 51.8 Å². The molecule has 0 aromatic heterocycles. The molecule has 42 heavy (non-hydrogen) atoms. The molecule has 4 rings (SSSR count). The van der Waals surface area contributed by atoms with E-state index in [0.717, 1.165) is 0 Å². The molecule has 0 bridgehead atoms. The van der Waals surface area contributed by atoms with Crippen molar-refractivity contribution in [3.63, 3.8) is 0 Å². The molecule has 0 atom stereocenters. The Balaban J connectivity index is 0.000000475. The Hall–Kier alpha value is -0.890. The summed E-state index contributed by atoms with van der Waals surface area (Å²) in [7, 11) is -2.65. The van der Waals surface area contributed by atoms with Gasteiger partial charge < -0.3 is 23.5 Å². The van der Waals surface area contributed by atoms with Gasteiger partial charge in [-0.05, 0) is 133 Å². The number of carbonyl (C=O) groups excluding carboxylic acids is 4. The zero-order valence-corrected chi connectivity index (χ0v) is 33.0. The van der Waals surface area contributed by atoms with Crippen molar-refractivity contribution < 1.29 is 67.4 Å². The van der Waals surface area contributed by atoms with Gasteiger partial charge in [-0.25, -0.2) is 14.4 Å². The molecule has 0 saturated carbocycles. The van der Waals surface area contributed by atoms with Gasteiger partial charge in [-0.2, -0.15) is 0 Å². The summed E-state index contributed by atoms with van der Waals surface area (Å²) < 4.78 is 18.6. The van der Waals surface area contributed by atoms with Crippen molar-refractivity contribution in [1.29, 1.82) is 0 Å². The van der Waals surface area contributed by atoms with Gasteiger partial charge in [-0.1, -0.05) is 54.6 Å². The molecule has 0 unspecified atom stereocenters. The maximum absolute atomic E-state index is 12.6. The molecule has 0 aliphatic heterocycles. The van der Waals surface area contributed by atoms with Crippen LogP contribution in [0.5, 0.6) is 0 Å². The number of hydrogen-bond acceptors (Lipinski definition) is 8. The molecule has 0 spiro atoms. The predicted molar refractivity (Wildman–Crippen MR) is 184 cm³/mol. The first-order valence-corrected chi connectivity index (χ1v) is 16.7. The summed E-state index contributed by atoms with van der Waals surface area (Å²) in [6, 6.07) is 27.0. The minimum Gasteiger partial charge on any atom is -0.545 e. The second kappa shape index (κ2) is 18.8. The third-order valence-electron chi connectivity index (χ3n) is 4.85. The minimum absolute atomic E-state index is 0. The van der Waals surface area contributed by atoms with Crippen LogP contribution in [0.1, 0.15) is 41.4 Å². The molecule has 14 heteroatoms. The molecule has 0 fully saturated rings. The van der Waals surface area contributed by atoms with E-state index < -0.39 is 32.5 Å². The number of carboxylic acid groups (broad SMARTS) is 1. The van der Waals surface area contributed by atoms with Crippen LogP contribution in [0.2, 0.25) is 0 Å². The van der Waals surface area contributed by atoms with E-state index >= 15 is 0 Å². The van der Waals surface area contributed by atoms with Crippen LogP contribution in [0, 0.1) is 14.3 Å². The monoisotopic (exact) mass is 1040 g/mol. The fourth-order valence-electron chi connectivity index (χ4n) is 2.91. The standard InChI is InChI=1S/C21H12I3O6P.C7H5IO2.Na/c22-16-10-4-1-7-13(16)19(25)28-31(29-20(26)14-8-2-5-11-17(14)23)30-21(27)15-9-3-6-12-18(15)24;8-6-4-2-1-3-5(6)7(9)10;/h1-12H;1-4H,(H,9,10);/q;;+1/p-1. The molecule has 0 N–H and O–H groups in total. The molecule has 4 aromatic carbocycles. The maximum atomic E-state index is 12.6. The van der Waals surface area contributed by atoms with Crippen molar-refractivity contribution in [2.24, 2.45) is 0 Å². The van der Waals surface area contributed by atoms with Crippen LogP contribution < -0.4 is 34.7 Å². The summed E-state index contributed by atoms with van der Waals surface area (Å²) in [5.74, 6) is -3.41. The van der Waals surface area contributed by atoms with E-state index in [1.54, 1.807) is 91.0 Å². The summed E-state index contributed by atoms with van der Waals surface area (Å²) in [6.45, 7) is 0. The molecule has 4 aromatic rings. The van der Waals surface area contributed by atoms with Crippen molar-refractivity contribution in [3.05, 3.63) is 134 Å². The van der Waals surface area contributed by atoms with Gasteiger partial charge in [0.05, 0.1) is 22.7 Å². The fourth-order valence-corrected chi connectivity index (χ4v) is 6.16. The number of halogens is 4. The summed E-state index contributed by atoms with van der Waals surface area (Å²) >= 11 is 7.92.